The molecule has 0 aromatic rings. The minimum Gasteiger partial charge on any atom is -0.368 e. The summed E-state index contributed by atoms with van der Waals surface area (Å²) in [5.74, 6) is 0. The summed E-state index contributed by atoms with van der Waals surface area (Å²) in [6.07, 6.45) is 6.25. The maximum Gasteiger partial charge on any atom is 0.0827 e. The summed E-state index contributed by atoms with van der Waals surface area (Å²) in [5, 5.41) is 3.62. The minimum absolute atomic E-state index is 0.101. The van der Waals surface area contributed by atoms with Gasteiger partial charge in [-0.05, 0) is 54.0 Å². The van der Waals surface area contributed by atoms with Crippen molar-refractivity contribution in [2.24, 2.45) is 5.73 Å². The highest BCUT2D eigenvalue weighted by molar-refractivity contribution is 5.12. The van der Waals surface area contributed by atoms with Gasteiger partial charge in [-0.2, -0.15) is 0 Å². The van der Waals surface area contributed by atoms with Crippen molar-refractivity contribution in [3.8, 4) is 0 Å². The lowest BCUT2D eigenvalue weighted by atomic mass is 9.79. The molecule has 17 heavy (non-hydrogen) atoms. The number of nitrogens with one attached hydrogen (secondary N) is 1. The Morgan fingerprint density at radius 1 is 1.29 bits per heavy atom. The maximum absolute atomic E-state index is 6.14. The van der Waals surface area contributed by atoms with Crippen LogP contribution in [0.1, 0.15) is 47.5 Å². The van der Waals surface area contributed by atoms with Crippen molar-refractivity contribution in [2.75, 3.05) is 13.1 Å². The quantitative estimate of drug-likeness (QED) is 0.572. The van der Waals surface area contributed by atoms with Crippen LogP contribution in [0.25, 0.3) is 0 Å². The Hall–Kier alpha value is -0.380. The van der Waals surface area contributed by atoms with Crippen LogP contribution in [0.2, 0.25) is 0 Å². The van der Waals surface area contributed by atoms with E-state index in [0.717, 1.165) is 19.4 Å². The van der Waals surface area contributed by atoms with E-state index in [4.69, 9.17) is 10.5 Å². The predicted molar refractivity (Wildman–Crippen MR) is 73.1 cm³/mol. The first-order valence-electron chi connectivity index (χ1n) is 6.55. The molecule has 1 fully saturated rings. The topological polar surface area (TPSA) is 47.3 Å². The third kappa shape index (κ3) is 3.09. The second kappa shape index (κ2) is 5.09. The number of rotatable bonds is 5. The zero-order valence-corrected chi connectivity index (χ0v) is 12.0. The normalized spacial score (nSPS) is 31.2. The Kier molecular flexibility index (Phi) is 4.39. The molecule has 0 saturated carbocycles. The highest BCUT2D eigenvalue weighted by atomic mass is 16.5. The van der Waals surface area contributed by atoms with E-state index in [1.165, 1.54) is 0 Å². The van der Waals surface area contributed by atoms with Crippen molar-refractivity contribution in [2.45, 2.75) is 64.2 Å². The molecule has 0 aliphatic carbocycles. The van der Waals surface area contributed by atoms with E-state index >= 15 is 0 Å². The molecule has 1 heterocycles. The smallest absolute Gasteiger partial charge is 0.0827 e. The highest BCUT2D eigenvalue weighted by Crippen LogP contribution is 2.44. The lowest BCUT2D eigenvalue weighted by Gasteiger charge is -2.40. The van der Waals surface area contributed by atoms with Crippen LogP contribution in [0, 0.1) is 0 Å². The largest absolute Gasteiger partial charge is 0.368 e. The first-order chi connectivity index (χ1) is 7.79. The minimum atomic E-state index is -0.221. The molecule has 0 aromatic heterocycles. The van der Waals surface area contributed by atoms with Gasteiger partial charge in [-0.1, -0.05) is 12.2 Å². The summed E-state index contributed by atoms with van der Waals surface area (Å²) in [6.45, 7) is 12.2. The fraction of sp³-hybridized carbons (Fsp3) is 0.857. The van der Waals surface area contributed by atoms with E-state index < -0.39 is 0 Å². The number of allylic oxidation sites excluding steroid dienone is 1. The van der Waals surface area contributed by atoms with Crippen molar-refractivity contribution in [3.05, 3.63) is 12.2 Å². The van der Waals surface area contributed by atoms with Gasteiger partial charge < -0.3 is 15.8 Å². The monoisotopic (exact) mass is 240 g/mol. The lowest BCUT2D eigenvalue weighted by Crippen LogP contribution is -2.61. The van der Waals surface area contributed by atoms with Crippen LogP contribution in [0.3, 0.4) is 0 Å². The summed E-state index contributed by atoms with van der Waals surface area (Å²) in [4.78, 5) is 0. The third-order valence-corrected chi connectivity index (χ3v) is 3.77. The molecule has 1 unspecified atom stereocenters. The fourth-order valence-electron chi connectivity index (χ4n) is 2.99. The van der Waals surface area contributed by atoms with Gasteiger partial charge in [0.15, 0.2) is 0 Å². The molecule has 0 aromatic carbocycles. The van der Waals surface area contributed by atoms with Gasteiger partial charge in [-0.3, -0.25) is 0 Å². The van der Waals surface area contributed by atoms with Gasteiger partial charge in [0, 0.05) is 6.54 Å². The summed E-state index contributed by atoms with van der Waals surface area (Å²) < 4.78 is 6.14. The molecule has 1 atom stereocenters. The first-order valence-corrected chi connectivity index (χ1v) is 6.55. The van der Waals surface area contributed by atoms with Gasteiger partial charge in [0.05, 0.1) is 16.7 Å². The lowest BCUT2D eigenvalue weighted by molar-refractivity contribution is -0.0819. The van der Waals surface area contributed by atoms with Crippen LogP contribution in [-0.2, 0) is 4.74 Å². The van der Waals surface area contributed by atoms with Gasteiger partial charge in [0.1, 0.15) is 0 Å². The predicted octanol–water partition coefficient (Wildman–Crippen LogP) is 2.22. The molecule has 0 spiro atoms. The van der Waals surface area contributed by atoms with E-state index in [9.17, 15) is 0 Å². The SMILES string of the molecule is C/C=C/CCNC1(CN)CC(C)(C)OC1(C)C. The van der Waals surface area contributed by atoms with Crippen LogP contribution in [0.4, 0.5) is 0 Å². The summed E-state index contributed by atoms with van der Waals surface area (Å²) in [7, 11) is 0. The van der Waals surface area contributed by atoms with E-state index in [2.05, 4.69) is 45.2 Å². The molecule has 1 rings (SSSR count). The van der Waals surface area contributed by atoms with Crippen molar-refractivity contribution in [1.82, 2.24) is 5.32 Å². The van der Waals surface area contributed by atoms with E-state index in [1.807, 2.05) is 6.92 Å². The molecule has 1 saturated heterocycles. The molecule has 0 amide bonds. The molecule has 3 nitrogen and oxygen atoms in total. The number of hydrogen-bond acceptors (Lipinski definition) is 3. The van der Waals surface area contributed by atoms with Crippen molar-refractivity contribution in [3.63, 3.8) is 0 Å². The van der Waals surface area contributed by atoms with Crippen LogP contribution in [0.15, 0.2) is 12.2 Å². The van der Waals surface area contributed by atoms with Crippen molar-refractivity contribution < 1.29 is 4.74 Å². The van der Waals surface area contributed by atoms with Crippen LogP contribution < -0.4 is 11.1 Å². The second-order valence-corrected chi connectivity index (χ2v) is 6.12. The Bertz CT molecular complexity index is 284. The molecular formula is C14H28N2O. The zero-order chi connectivity index (χ0) is 13.2. The Labute approximate surface area is 106 Å². The van der Waals surface area contributed by atoms with Crippen molar-refractivity contribution >= 4 is 0 Å². The second-order valence-electron chi connectivity index (χ2n) is 6.12. The van der Waals surface area contributed by atoms with Crippen LogP contribution in [-0.4, -0.2) is 29.8 Å². The average molecular weight is 240 g/mol. The van der Waals surface area contributed by atoms with Gasteiger partial charge >= 0.3 is 0 Å². The van der Waals surface area contributed by atoms with Gasteiger partial charge in [0.2, 0.25) is 0 Å². The molecule has 0 radical (unpaired) electrons. The number of nitrogens with two attached hydrogens (primary N) is 1. The molecule has 100 valence electrons. The highest BCUT2D eigenvalue weighted by Gasteiger charge is 2.55. The third-order valence-electron chi connectivity index (χ3n) is 3.77. The summed E-state index contributed by atoms with van der Waals surface area (Å²) in [6, 6.07) is 0. The standard InChI is InChI=1S/C14H28N2O/c1-6-7-8-9-16-14(11-15)10-12(2,3)17-13(14,4)5/h6-7,16H,8-11,15H2,1-5H3/b7-6+. The average Bonchev–Trinajstić information content (AvgIpc) is 2.39. The van der Waals surface area contributed by atoms with Crippen LogP contribution >= 0.6 is 0 Å². The Morgan fingerprint density at radius 3 is 2.35 bits per heavy atom. The molecular weight excluding hydrogens is 212 g/mol. The molecule has 3 N–H and O–H groups in total. The van der Waals surface area contributed by atoms with E-state index in [0.29, 0.717) is 6.54 Å². The van der Waals surface area contributed by atoms with Gasteiger partial charge in [-0.25, -0.2) is 0 Å². The Balaban J connectivity index is 2.73. The number of ether oxygens (including phenoxy) is 1. The van der Waals surface area contributed by atoms with Gasteiger partial charge in [0.25, 0.3) is 0 Å². The molecule has 1 aliphatic heterocycles. The summed E-state index contributed by atoms with van der Waals surface area (Å²) in [5.41, 5.74) is 5.58. The summed E-state index contributed by atoms with van der Waals surface area (Å²) >= 11 is 0. The van der Waals surface area contributed by atoms with Crippen LogP contribution in [0.5, 0.6) is 0 Å². The molecule has 1 aliphatic rings. The van der Waals surface area contributed by atoms with E-state index in [-0.39, 0.29) is 16.7 Å². The zero-order valence-electron chi connectivity index (χ0n) is 12.0. The van der Waals surface area contributed by atoms with E-state index in [1.54, 1.807) is 0 Å². The number of hydrogen-bond donors (Lipinski definition) is 2. The van der Waals surface area contributed by atoms with Crippen molar-refractivity contribution in [1.29, 1.82) is 0 Å². The fourth-order valence-corrected chi connectivity index (χ4v) is 2.99. The maximum atomic E-state index is 6.14. The van der Waals surface area contributed by atoms with Gasteiger partial charge in [-0.15, -0.1) is 0 Å². The molecule has 3 heteroatoms. The Morgan fingerprint density at radius 2 is 1.94 bits per heavy atom. The molecule has 0 bridgehead atoms. The first kappa shape index (κ1) is 14.7.